The van der Waals surface area contributed by atoms with E-state index in [9.17, 15) is 10.1 Å². The molecule has 2 aromatic carbocycles. The average Bonchev–Trinajstić information content (AvgIpc) is 3.17. The van der Waals surface area contributed by atoms with Crippen LogP contribution in [0.15, 0.2) is 76.2 Å². The predicted octanol–water partition coefficient (Wildman–Crippen LogP) is 4.72. The molecule has 2 N–H and O–H groups in total. The summed E-state index contributed by atoms with van der Waals surface area (Å²) in [6, 6.07) is 20.1. The number of para-hydroxylation sites is 1. The van der Waals surface area contributed by atoms with Gasteiger partial charge in [0.05, 0.1) is 5.69 Å². The Morgan fingerprint density at radius 1 is 1.08 bits per heavy atom. The summed E-state index contributed by atoms with van der Waals surface area (Å²) in [6.45, 7) is 0. The highest BCUT2D eigenvalue weighted by atomic mass is 32.2. The summed E-state index contributed by atoms with van der Waals surface area (Å²) in [7, 11) is 0. The van der Waals surface area contributed by atoms with E-state index in [2.05, 4.69) is 10.6 Å². The van der Waals surface area contributed by atoms with Gasteiger partial charge < -0.3 is 10.6 Å². The lowest BCUT2D eigenvalue weighted by molar-refractivity contribution is -0.117. The Hall–Kier alpha value is -2.71. The molecule has 1 fully saturated rings. The molecular weight excluding hydrogens is 342 g/mol. The quantitative estimate of drug-likeness (QED) is 0.576. The molecule has 0 heterocycles. The van der Waals surface area contributed by atoms with E-state index in [1.807, 2.05) is 60.7 Å². The first kappa shape index (κ1) is 18.1. The molecule has 2 aromatic rings. The molecule has 0 aliphatic heterocycles. The van der Waals surface area contributed by atoms with Crippen LogP contribution in [0.2, 0.25) is 0 Å². The number of benzene rings is 2. The number of amides is 1. The number of nitrogens with one attached hydrogen (secondary N) is 2. The topological polar surface area (TPSA) is 64.9 Å². The lowest BCUT2D eigenvalue weighted by atomic mass is 10.2. The van der Waals surface area contributed by atoms with Crippen LogP contribution in [0.4, 0.5) is 5.69 Å². The maximum atomic E-state index is 12.3. The molecule has 3 rings (SSSR count). The van der Waals surface area contributed by atoms with E-state index in [1.165, 1.54) is 6.20 Å². The standard InChI is InChI=1S/C21H21N3OS/c22-14-16(21(25)24-17-8-4-5-9-17)15-23-19-12-6-7-13-20(19)26-18-10-2-1-3-11-18/h1-3,6-7,10-13,15,17,23H,4-5,8-9H2,(H,24,25)/b16-15-. The number of anilines is 1. The fourth-order valence-electron chi connectivity index (χ4n) is 2.92. The van der Waals surface area contributed by atoms with Crippen LogP contribution < -0.4 is 10.6 Å². The fraction of sp³-hybridized carbons (Fsp3) is 0.238. The van der Waals surface area contributed by atoms with E-state index in [0.717, 1.165) is 41.2 Å². The second kappa shape index (κ2) is 9.12. The van der Waals surface area contributed by atoms with Crippen molar-refractivity contribution >= 4 is 23.4 Å². The van der Waals surface area contributed by atoms with Crippen LogP contribution in [-0.2, 0) is 4.79 Å². The summed E-state index contributed by atoms with van der Waals surface area (Å²) >= 11 is 1.63. The zero-order valence-electron chi connectivity index (χ0n) is 14.4. The van der Waals surface area contributed by atoms with E-state index in [4.69, 9.17) is 0 Å². The van der Waals surface area contributed by atoms with Crippen molar-refractivity contribution in [3.8, 4) is 6.07 Å². The van der Waals surface area contributed by atoms with Crippen molar-refractivity contribution in [2.24, 2.45) is 0 Å². The second-order valence-electron chi connectivity index (χ2n) is 6.18. The Kier molecular flexibility index (Phi) is 6.34. The van der Waals surface area contributed by atoms with Gasteiger partial charge in [0, 0.05) is 22.0 Å². The van der Waals surface area contributed by atoms with Crippen molar-refractivity contribution in [2.75, 3.05) is 5.32 Å². The highest BCUT2D eigenvalue weighted by molar-refractivity contribution is 7.99. The Morgan fingerprint density at radius 3 is 2.50 bits per heavy atom. The van der Waals surface area contributed by atoms with Crippen LogP contribution in [0, 0.1) is 11.3 Å². The molecule has 0 spiro atoms. The molecule has 0 unspecified atom stereocenters. The molecule has 1 saturated carbocycles. The summed E-state index contributed by atoms with van der Waals surface area (Å²) in [5.74, 6) is -0.305. The molecule has 1 aliphatic rings. The van der Waals surface area contributed by atoms with Gasteiger partial charge in [0.15, 0.2) is 0 Å². The van der Waals surface area contributed by atoms with Crippen molar-refractivity contribution in [1.82, 2.24) is 5.32 Å². The zero-order chi connectivity index (χ0) is 18.2. The Balaban J connectivity index is 1.70. The largest absolute Gasteiger partial charge is 0.359 e. The lowest BCUT2D eigenvalue weighted by Crippen LogP contribution is -2.33. The molecule has 5 heteroatoms. The molecule has 4 nitrogen and oxygen atoms in total. The number of hydrogen-bond donors (Lipinski definition) is 2. The molecular formula is C21H21N3OS. The van der Waals surface area contributed by atoms with Crippen molar-refractivity contribution in [1.29, 1.82) is 5.26 Å². The van der Waals surface area contributed by atoms with Gasteiger partial charge in [-0.05, 0) is 37.1 Å². The van der Waals surface area contributed by atoms with Crippen LogP contribution in [0.25, 0.3) is 0 Å². The van der Waals surface area contributed by atoms with Crippen LogP contribution in [-0.4, -0.2) is 11.9 Å². The number of hydrogen-bond acceptors (Lipinski definition) is 4. The monoisotopic (exact) mass is 363 g/mol. The second-order valence-corrected chi connectivity index (χ2v) is 7.30. The molecule has 1 amide bonds. The molecule has 0 radical (unpaired) electrons. The predicted molar refractivity (Wildman–Crippen MR) is 105 cm³/mol. The average molecular weight is 363 g/mol. The van der Waals surface area contributed by atoms with Crippen molar-refractivity contribution in [3.63, 3.8) is 0 Å². The number of rotatable bonds is 6. The normalized spacial score (nSPS) is 14.7. The van der Waals surface area contributed by atoms with Crippen molar-refractivity contribution < 1.29 is 4.79 Å². The van der Waals surface area contributed by atoms with E-state index in [1.54, 1.807) is 11.8 Å². The third-order valence-corrected chi connectivity index (χ3v) is 5.37. The number of carbonyl (C=O) groups excluding carboxylic acids is 1. The minimum absolute atomic E-state index is 0.0939. The van der Waals surface area contributed by atoms with Gasteiger partial charge in [0.1, 0.15) is 11.6 Å². The number of nitrogens with zero attached hydrogens (tertiary/aromatic N) is 1. The first-order valence-electron chi connectivity index (χ1n) is 8.76. The Labute approximate surface area is 158 Å². The molecule has 1 aliphatic carbocycles. The third-order valence-electron chi connectivity index (χ3n) is 4.29. The Bertz CT molecular complexity index is 821. The van der Waals surface area contributed by atoms with Gasteiger partial charge in [0.2, 0.25) is 0 Å². The fourth-order valence-corrected chi connectivity index (χ4v) is 3.85. The highest BCUT2D eigenvalue weighted by Gasteiger charge is 2.19. The number of nitriles is 1. The molecule has 26 heavy (non-hydrogen) atoms. The minimum atomic E-state index is -0.305. The summed E-state index contributed by atoms with van der Waals surface area (Å²) in [5, 5.41) is 15.4. The van der Waals surface area contributed by atoms with Gasteiger partial charge >= 0.3 is 0 Å². The van der Waals surface area contributed by atoms with Crippen LogP contribution in [0.5, 0.6) is 0 Å². The van der Waals surface area contributed by atoms with Crippen molar-refractivity contribution in [3.05, 3.63) is 66.4 Å². The summed E-state index contributed by atoms with van der Waals surface area (Å²) in [6.07, 6.45) is 5.76. The van der Waals surface area contributed by atoms with Gasteiger partial charge in [-0.3, -0.25) is 4.79 Å². The van der Waals surface area contributed by atoms with Gasteiger partial charge in [0.25, 0.3) is 5.91 Å². The van der Waals surface area contributed by atoms with Crippen LogP contribution >= 0.6 is 11.8 Å². The minimum Gasteiger partial charge on any atom is -0.359 e. The van der Waals surface area contributed by atoms with E-state index in [-0.39, 0.29) is 17.5 Å². The van der Waals surface area contributed by atoms with Gasteiger partial charge in [-0.15, -0.1) is 0 Å². The van der Waals surface area contributed by atoms with Crippen LogP contribution in [0.3, 0.4) is 0 Å². The molecule has 0 saturated heterocycles. The van der Waals surface area contributed by atoms with Gasteiger partial charge in [-0.1, -0.05) is 54.9 Å². The molecule has 132 valence electrons. The SMILES string of the molecule is N#C/C(=C/Nc1ccccc1Sc1ccccc1)C(=O)NC1CCCC1. The maximum Gasteiger partial charge on any atom is 0.263 e. The smallest absolute Gasteiger partial charge is 0.263 e. The molecule has 0 atom stereocenters. The maximum absolute atomic E-state index is 12.3. The van der Waals surface area contributed by atoms with E-state index in [0.29, 0.717) is 0 Å². The molecule has 0 bridgehead atoms. The first-order chi connectivity index (χ1) is 12.8. The molecule has 0 aromatic heterocycles. The highest BCUT2D eigenvalue weighted by Crippen LogP contribution is 2.33. The van der Waals surface area contributed by atoms with Gasteiger partial charge in [-0.25, -0.2) is 0 Å². The number of carbonyl (C=O) groups is 1. The summed E-state index contributed by atoms with van der Waals surface area (Å²) < 4.78 is 0. The first-order valence-corrected chi connectivity index (χ1v) is 9.57. The third kappa shape index (κ3) is 4.90. The Morgan fingerprint density at radius 2 is 1.77 bits per heavy atom. The van der Waals surface area contributed by atoms with Gasteiger partial charge in [-0.2, -0.15) is 5.26 Å². The summed E-state index contributed by atoms with van der Waals surface area (Å²) in [4.78, 5) is 14.4. The van der Waals surface area contributed by atoms with E-state index < -0.39 is 0 Å². The van der Waals surface area contributed by atoms with Crippen LogP contribution in [0.1, 0.15) is 25.7 Å². The summed E-state index contributed by atoms with van der Waals surface area (Å²) in [5.41, 5.74) is 0.958. The van der Waals surface area contributed by atoms with E-state index >= 15 is 0 Å². The van der Waals surface area contributed by atoms with Crippen molar-refractivity contribution in [2.45, 2.75) is 41.5 Å². The lowest BCUT2D eigenvalue weighted by Gasteiger charge is -2.12. The zero-order valence-corrected chi connectivity index (χ0v) is 15.3.